The molecule has 0 aliphatic carbocycles. The molecule has 1 aliphatic rings. The van der Waals surface area contributed by atoms with Crippen molar-refractivity contribution in [1.29, 1.82) is 0 Å². The molecule has 35 heavy (non-hydrogen) atoms. The molecule has 7 heteroatoms. The van der Waals surface area contributed by atoms with E-state index in [2.05, 4.69) is 17.0 Å². The Balaban J connectivity index is 1.46. The minimum absolute atomic E-state index is 0.0198. The van der Waals surface area contributed by atoms with Crippen LogP contribution in [0.2, 0.25) is 0 Å². The number of ether oxygens (including phenoxy) is 1. The highest BCUT2D eigenvalue weighted by Crippen LogP contribution is 2.36. The highest BCUT2D eigenvalue weighted by molar-refractivity contribution is 6.15. The third-order valence-electron chi connectivity index (χ3n) is 6.04. The summed E-state index contributed by atoms with van der Waals surface area (Å²) in [5, 5.41) is 14.0. The Morgan fingerprint density at radius 2 is 1.89 bits per heavy atom. The van der Waals surface area contributed by atoms with E-state index in [-0.39, 0.29) is 40.2 Å². The van der Waals surface area contributed by atoms with Gasteiger partial charge in [0.05, 0.1) is 11.1 Å². The molecular weight excluding hydrogens is 447 g/mol. The number of hydrogen-bond donors (Lipinski definition) is 1. The summed E-state index contributed by atoms with van der Waals surface area (Å²) >= 11 is 0. The number of nitrogens with zero attached hydrogens (tertiary/aromatic N) is 2. The van der Waals surface area contributed by atoms with E-state index in [0.29, 0.717) is 16.9 Å². The number of carbonyl (C=O) groups is 1. The molecule has 4 aromatic rings. The predicted molar refractivity (Wildman–Crippen MR) is 130 cm³/mol. The molecule has 0 spiro atoms. The summed E-state index contributed by atoms with van der Waals surface area (Å²) in [6, 6.07) is 19.3. The van der Waals surface area contributed by atoms with Gasteiger partial charge < -0.3 is 14.4 Å². The lowest BCUT2D eigenvalue weighted by Gasteiger charge is -2.38. The number of hydrogen-bond acceptors (Lipinski definition) is 6. The largest absolute Gasteiger partial charge is 0.508 e. The van der Waals surface area contributed by atoms with Crippen molar-refractivity contribution < 1.29 is 23.6 Å². The normalized spacial score (nSPS) is 14.0. The third kappa shape index (κ3) is 4.68. The topological polar surface area (TPSA) is 75.8 Å². The second kappa shape index (κ2) is 9.72. The van der Waals surface area contributed by atoms with Crippen molar-refractivity contribution in [3.05, 3.63) is 89.7 Å². The average molecular weight is 473 g/mol. The van der Waals surface area contributed by atoms with Crippen LogP contribution in [0.5, 0.6) is 11.5 Å². The van der Waals surface area contributed by atoms with E-state index < -0.39 is 5.82 Å². The molecule has 2 heterocycles. The Hall–Kier alpha value is -3.97. The van der Waals surface area contributed by atoms with E-state index in [4.69, 9.17) is 9.26 Å². The first-order chi connectivity index (χ1) is 17.0. The number of ketones is 1. The van der Waals surface area contributed by atoms with Crippen LogP contribution in [0.3, 0.4) is 0 Å². The van der Waals surface area contributed by atoms with Crippen LogP contribution in [0.4, 0.5) is 4.39 Å². The third-order valence-corrected chi connectivity index (χ3v) is 6.04. The van der Waals surface area contributed by atoms with Crippen molar-refractivity contribution in [1.82, 2.24) is 10.1 Å². The second-order valence-electron chi connectivity index (χ2n) is 8.62. The van der Waals surface area contributed by atoms with E-state index in [0.717, 1.165) is 26.1 Å². The number of likely N-dealkylation sites (tertiary alicyclic amines) is 1. The number of phenolic OH excluding ortho intramolecular Hbond substituents is 1. The van der Waals surface area contributed by atoms with Crippen LogP contribution in [0, 0.1) is 5.82 Å². The van der Waals surface area contributed by atoms with Crippen molar-refractivity contribution in [2.24, 2.45) is 0 Å². The Bertz CT molecular complexity index is 1340. The molecule has 0 unspecified atom stereocenters. The summed E-state index contributed by atoms with van der Waals surface area (Å²) in [5.41, 5.74) is 1.37. The van der Waals surface area contributed by atoms with Crippen LogP contribution in [0.25, 0.3) is 22.6 Å². The number of carbonyl (C=O) groups excluding carboxylic acids is 1. The van der Waals surface area contributed by atoms with Crippen molar-refractivity contribution in [2.45, 2.75) is 19.4 Å². The number of halogens is 1. The smallest absolute Gasteiger partial charge is 0.199 e. The molecule has 0 atom stereocenters. The molecule has 1 N–H and O–H groups in total. The average Bonchev–Trinajstić information content (AvgIpc) is 3.28. The fraction of sp³-hybridized carbons (Fsp3) is 0.214. The monoisotopic (exact) mass is 472 g/mol. The van der Waals surface area contributed by atoms with E-state index >= 15 is 0 Å². The molecule has 178 valence electrons. The maximum atomic E-state index is 14.6. The summed E-state index contributed by atoms with van der Waals surface area (Å²) in [6.45, 7) is 5.02. The molecule has 1 saturated heterocycles. The van der Waals surface area contributed by atoms with E-state index in [1.54, 1.807) is 48.5 Å². The van der Waals surface area contributed by atoms with Gasteiger partial charge in [-0.3, -0.25) is 9.69 Å². The minimum Gasteiger partial charge on any atom is -0.508 e. The van der Waals surface area contributed by atoms with Gasteiger partial charge in [-0.2, -0.15) is 0 Å². The number of rotatable bonds is 8. The number of phenols is 1. The van der Waals surface area contributed by atoms with Gasteiger partial charge in [-0.05, 0) is 61.5 Å². The van der Waals surface area contributed by atoms with E-state index in [1.807, 2.05) is 0 Å². The first-order valence-electron chi connectivity index (χ1n) is 11.6. The highest BCUT2D eigenvalue weighted by Gasteiger charge is 2.29. The fourth-order valence-corrected chi connectivity index (χ4v) is 4.30. The molecule has 1 aliphatic heterocycles. The van der Waals surface area contributed by atoms with Gasteiger partial charge in [0.1, 0.15) is 29.1 Å². The highest BCUT2D eigenvalue weighted by atomic mass is 19.1. The van der Waals surface area contributed by atoms with Crippen molar-refractivity contribution in [3.8, 4) is 34.1 Å². The number of aromatic hydroxyl groups is 1. The van der Waals surface area contributed by atoms with Gasteiger partial charge in [-0.1, -0.05) is 36.3 Å². The summed E-state index contributed by atoms with van der Waals surface area (Å²) in [6.07, 6.45) is 1.26. The van der Waals surface area contributed by atoms with Gasteiger partial charge >= 0.3 is 0 Å². The molecule has 5 rings (SSSR count). The lowest BCUT2D eigenvalue weighted by atomic mass is 9.95. The van der Waals surface area contributed by atoms with Crippen LogP contribution < -0.4 is 4.74 Å². The Kier molecular flexibility index (Phi) is 6.33. The number of aromatic nitrogens is 1. The summed E-state index contributed by atoms with van der Waals surface area (Å²) in [7, 11) is 0. The van der Waals surface area contributed by atoms with E-state index in [1.165, 1.54) is 24.3 Å². The van der Waals surface area contributed by atoms with Gasteiger partial charge in [0.15, 0.2) is 11.5 Å². The standard InChI is InChI=1S/C28H25FN2O4/c1-2-14-31-16-22(17-31)34-21-12-10-18(11-13-21)27(33)25-26(19-6-5-7-20(32)15-19)30-35-28(25)23-8-3-4-9-24(23)29/h3-13,15,22,32H,2,14,16-17H2,1H3. The zero-order chi connectivity index (χ0) is 24.4. The SMILES string of the molecule is CCCN1CC(Oc2ccc(C(=O)c3c(-c4cccc(O)c4)noc3-c3ccccc3F)cc2)C1. The Morgan fingerprint density at radius 1 is 1.11 bits per heavy atom. The molecule has 1 aromatic heterocycles. The van der Waals surface area contributed by atoms with E-state index in [9.17, 15) is 14.3 Å². The van der Waals surface area contributed by atoms with Crippen molar-refractivity contribution in [3.63, 3.8) is 0 Å². The lowest BCUT2D eigenvalue weighted by molar-refractivity contribution is 0.0202. The summed E-state index contributed by atoms with van der Waals surface area (Å²) in [4.78, 5) is 16.0. The van der Waals surface area contributed by atoms with Crippen molar-refractivity contribution >= 4 is 5.78 Å². The predicted octanol–water partition coefficient (Wildman–Crippen LogP) is 5.56. The van der Waals surface area contributed by atoms with Gasteiger partial charge in [-0.25, -0.2) is 4.39 Å². The molecule has 6 nitrogen and oxygen atoms in total. The zero-order valence-electron chi connectivity index (χ0n) is 19.3. The molecule has 0 amide bonds. The second-order valence-corrected chi connectivity index (χ2v) is 8.62. The molecular formula is C28H25FN2O4. The summed E-state index contributed by atoms with van der Waals surface area (Å²) in [5.74, 6) is -0.146. The summed E-state index contributed by atoms with van der Waals surface area (Å²) < 4.78 is 26.1. The quantitative estimate of drug-likeness (QED) is 0.339. The van der Waals surface area contributed by atoms with Crippen LogP contribution >= 0.6 is 0 Å². The molecule has 1 fully saturated rings. The van der Waals surface area contributed by atoms with Gasteiger partial charge in [0.25, 0.3) is 0 Å². The molecule has 0 radical (unpaired) electrons. The number of benzene rings is 3. The maximum absolute atomic E-state index is 14.6. The first-order valence-corrected chi connectivity index (χ1v) is 11.6. The maximum Gasteiger partial charge on any atom is 0.199 e. The lowest BCUT2D eigenvalue weighted by Crippen LogP contribution is -2.53. The first kappa shape index (κ1) is 22.8. The minimum atomic E-state index is -0.526. The van der Waals surface area contributed by atoms with Gasteiger partial charge in [-0.15, -0.1) is 0 Å². The van der Waals surface area contributed by atoms with Crippen LogP contribution in [-0.4, -0.2) is 46.7 Å². The molecule has 0 bridgehead atoms. The van der Waals surface area contributed by atoms with Crippen LogP contribution in [0.15, 0.2) is 77.3 Å². The van der Waals surface area contributed by atoms with Crippen molar-refractivity contribution in [2.75, 3.05) is 19.6 Å². The Labute approximate surface area is 202 Å². The molecule has 0 saturated carbocycles. The Morgan fingerprint density at radius 3 is 2.60 bits per heavy atom. The molecule has 3 aromatic carbocycles. The van der Waals surface area contributed by atoms with Crippen LogP contribution in [0.1, 0.15) is 29.3 Å². The van der Waals surface area contributed by atoms with Crippen LogP contribution in [-0.2, 0) is 0 Å². The van der Waals surface area contributed by atoms with Gasteiger partial charge in [0, 0.05) is 24.2 Å². The zero-order valence-corrected chi connectivity index (χ0v) is 19.3. The van der Waals surface area contributed by atoms with Gasteiger partial charge in [0.2, 0.25) is 0 Å². The fourth-order valence-electron chi connectivity index (χ4n) is 4.30.